The average Bonchev–Trinajstić information content (AvgIpc) is 3.85. The van der Waals surface area contributed by atoms with E-state index in [1.807, 2.05) is 33.0 Å². The summed E-state index contributed by atoms with van der Waals surface area (Å²) in [4.78, 5) is 41.7. The zero-order chi connectivity index (χ0) is 49.9. The Kier molecular flexibility index (Phi) is 25.1. The Hall–Kier alpha value is -5.23. The van der Waals surface area contributed by atoms with Gasteiger partial charge in [0.15, 0.2) is 0 Å². The van der Waals surface area contributed by atoms with Crippen molar-refractivity contribution in [2.75, 3.05) is 40.2 Å². The summed E-state index contributed by atoms with van der Waals surface area (Å²) >= 11 is 3.42. The Morgan fingerprint density at radius 3 is 1.52 bits per heavy atom. The van der Waals surface area contributed by atoms with Gasteiger partial charge in [0.05, 0.1) is 52.6 Å². The second kappa shape index (κ2) is 28.2. The van der Waals surface area contributed by atoms with E-state index in [9.17, 15) is 44.7 Å². The van der Waals surface area contributed by atoms with E-state index in [1.54, 1.807) is 51.7 Å². The van der Waals surface area contributed by atoms with Crippen LogP contribution in [-0.2, 0) is 14.1 Å². The number of aromatic nitrogens is 6. The number of benzene rings is 2. The summed E-state index contributed by atoms with van der Waals surface area (Å²) in [6.07, 6.45) is 0.334. The van der Waals surface area contributed by atoms with Crippen LogP contribution in [0.5, 0.6) is 0 Å². The molecule has 0 atom stereocenters. The standard InChI is InChI=1S/C20H18F4N4OS.C14H12F4N2O2S.C6H8N2.C2H5I.C2H6.CH4/c1-12-7-15(21)14(8-17(12)30-11-20(22,23)24)18-26-10-16(28(18)3)19(29)27(2)13-5-4-6-25-9-13;1-7-3-9(15)8(4-11(7)23-6-14(16,17)18)12-19-5-10(13(21)22)20(12)2;1-7-6-3-2-4-8-5-6;1-2-3;1-2;/h4-10H,11H2,1-3H3;3-5H,6H2,1-2H3,(H,21,22);2-5,7H,1H3;2H2,1H3;1-2H3;1H4. The molecule has 22 heteroatoms. The minimum absolute atomic E-state index is 0. The number of alkyl halides is 7. The molecule has 0 radical (unpaired) electrons. The van der Waals surface area contributed by atoms with Crippen LogP contribution in [0.15, 0.2) is 95.5 Å². The van der Waals surface area contributed by atoms with E-state index in [-0.39, 0.29) is 52.4 Å². The van der Waals surface area contributed by atoms with E-state index in [4.69, 9.17) is 5.11 Å². The van der Waals surface area contributed by atoms with Gasteiger partial charge in [0, 0.05) is 56.6 Å². The fourth-order valence-electron chi connectivity index (χ4n) is 5.35. The Morgan fingerprint density at radius 2 is 1.18 bits per heavy atom. The number of hydrogen-bond acceptors (Lipinski definition) is 9. The van der Waals surface area contributed by atoms with Gasteiger partial charge in [0.2, 0.25) is 0 Å². The van der Waals surface area contributed by atoms with Crippen molar-refractivity contribution >= 4 is 69.4 Å². The number of pyridine rings is 2. The van der Waals surface area contributed by atoms with Crippen molar-refractivity contribution in [2.45, 2.75) is 64.2 Å². The van der Waals surface area contributed by atoms with E-state index in [2.05, 4.69) is 54.8 Å². The number of hydrogen-bond donors (Lipinski definition) is 2. The summed E-state index contributed by atoms with van der Waals surface area (Å²) < 4.78 is 107. The molecule has 4 heterocycles. The Balaban J connectivity index is 0.000000534. The van der Waals surface area contributed by atoms with Crippen LogP contribution >= 0.6 is 46.1 Å². The summed E-state index contributed by atoms with van der Waals surface area (Å²) in [7, 11) is 6.39. The molecule has 0 fully saturated rings. The predicted octanol–water partition coefficient (Wildman–Crippen LogP) is 13.0. The molecule has 0 spiro atoms. The maximum absolute atomic E-state index is 14.6. The van der Waals surface area contributed by atoms with Crippen molar-refractivity contribution in [2.24, 2.45) is 14.1 Å². The lowest BCUT2D eigenvalue weighted by Crippen LogP contribution is -2.28. The highest BCUT2D eigenvalue weighted by Crippen LogP contribution is 2.36. The second-order valence-electron chi connectivity index (χ2n) is 13.2. The predicted molar refractivity (Wildman–Crippen MR) is 261 cm³/mol. The van der Waals surface area contributed by atoms with E-state index in [1.165, 1.54) is 63.0 Å². The number of aryl methyl sites for hydroxylation is 2. The second-order valence-corrected chi connectivity index (χ2v) is 16.8. The lowest BCUT2D eigenvalue weighted by atomic mass is 10.1. The first-order valence-corrected chi connectivity index (χ1v) is 23.1. The van der Waals surface area contributed by atoms with Crippen LogP contribution in [0.1, 0.15) is 60.3 Å². The number of halogens is 9. The van der Waals surface area contributed by atoms with Crippen LogP contribution in [0.4, 0.5) is 46.5 Å². The van der Waals surface area contributed by atoms with Crippen molar-refractivity contribution < 1.29 is 49.8 Å². The Bertz CT molecular complexity index is 2470. The molecule has 67 heavy (non-hydrogen) atoms. The van der Waals surface area contributed by atoms with Gasteiger partial charge in [0.25, 0.3) is 5.91 Å². The molecule has 0 aliphatic carbocycles. The van der Waals surface area contributed by atoms with Crippen molar-refractivity contribution in [3.8, 4) is 22.8 Å². The van der Waals surface area contributed by atoms with Crippen LogP contribution in [0.3, 0.4) is 0 Å². The molecule has 6 aromatic rings. The molecule has 0 saturated carbocycles. The summed E-state index contributed by atoms with van der Waals surface area (Å²) in [6.45, 7) is 9.16. The molecule has 6 rings (SSSR count). The van der Waals surface area contributed by atoms with E-state index >= 15 is 0 Å². The number of carboxylic acids is 1. The highest BCUT2D eigenvalue weighted by molar-refractivity contribution is 14.1. The number of thioether (sulfide) groups is 2. The number of carbonyl (C=O) groups is 2. The lowest BCUT2D eigenvalue weighted by molar-refractivity contribution is -0.106. The summed E-state index contributed by atoms with van der Waals surface area (Å²) in [6, 6.07) is 12.1. The molecule has 2 aromatic carbocycles. The first-order valence-electron chi connectivity index (χ1n) is 19.6. The average molecular weight is 1100 g/mol. The molecule has 0 bridgehead atoms. The van der Waals surface area contributed by atoms with Crippen molar-refractivity contribution in [1.82, 2.24) is 29.1 Å². The molecule has 0 unspecified atom stereocenters. The molecule has 1 amide bonds. The SMILES string of the molecule is C.CC.CCI.CNc1cccnc1.Cc1cc(F)c(-c2ncc(C(=O)N(C)c3cccnc3)n2C)cc1SCC(F)(F)F.Cc1cc(F)c(-c2ncc(C(=O)O)n2C)cc1SCC(F)(F)F. The quantitative estimate of drug-likeness (QED) is 0.0592. The number of nitrogens with zero attached hydrogens (tertiary/aromatic N) is 7. The minimum atomic E-state index is -4.34. The number of anilines is 2. The van der Waals surface area contributed by atoms with Crippen LogP contribution in [0, 0.1) is 25.5 Å². The van der Waals surface area contributed by atoms with Crippen molar-refractivity contribution in [3.63, 3.8) is 0 Å². The molecule has 4 aromatic heterocycles. The third kappa shape index (κ3) is 18.4. The highest BCUT2D eigenvalue weighted by Gasteiger charge is 2.29. The summed E-state index contributed by atoms with van der Waals surface area (Å²) in [5, 5.41) is 11.9. The van der Waals surface area contributed by atoms with E-state index < -0.39 is 41.5 Å². The van der Waals surface area contributed by atoms with Crippen molar-refractivity contribution in [3.05, 3.63) is 120 Å². The molecule has 2 N–H and O–H groups in total. The van der Waals surface area contributed by atoms with Gasteiger partial charge < -0.3 is 24.5 Å². The van der Waals surface area contributed by atoms with Gasteiger partial charge in [-0.1, -0.05) is 50.8 Å². The fraction of sp³-hybridized carbons (Fsp3) is 0.333. The zero-order valence-electron chi connectivity index (χ0n) is 37.3. The van der Waals surface area contributed by atoms with Gasteiger partial charge in [0.1, 0.15) is 34.7 Å². The molecule has 0 aliphatic rings. The van der Waals surface area contributed by atoms with Gasteiger partial charge in [-0.2, -0.15) is 26.3 Å². The summed E-state index contributed by atoms with van der Waals surface area (Å²) in [5.41, 5.74) is 2.40. The Labute approximate surface area is 407 Å². The number of amides is 1. The van der Waals surface area contributed by atoms with Crippen LogP contribution in [0.2, 0.25) is 0 Å². The number of rotatable bonds is 10. The van der Waals surface area contributed by atoms with E-state index in [0.717, 1.165) is 18.0 Å². The van der Waals surface area contributed by atoms with Crippen LogP contribution in [0.25, 0.3) is 22.8 Å². The zero-order valence-corrected chi connectivity index (χ0v) is 41.1. The number of nitrogens with one attached hydrogen (secondary N) is 1. The monoisotopic (exact) mass is 1100 g/mol. The minimum Gasteiger partial charge on any atom is -0.477 e. The molecular formula is C45H53F8IN8O3S2. The highest BCUT2D eigenvalue weighted by atomic mass is 127. The first-order chi connectivity index (χ1) is 31.0. The number of imidazole rings is 2. The molecule has 0 aliphatic heterocycles. The van der Waals surface area contributed by atoms with Gasteiger partial charge >= 0.3 is 18.3 Å². The number of aromatic carboxylic acids is 1. The number of carboxylic acid groups (broad SMARTS) is 1. The largest absolute Gasteiger partial charge is 0.477 e. The van der Waals surface area contributed by atoms with Gasteiger partial charge in [-0.3, -0.25) is 14.8 Å². The smallest absolute Gasteiger partial charge is 0.398 e. The Morgan fingerprint density at radius 1 is 0.761 bits per heavy atom. The fourth-order valence-corrected chi connectivity index (χ4v) is 6.96. The first kappa shape index (κ1) is 59.8. The lowest BCUT2D eigenvalue weighted by Gasteiger charge is -2.17. The van der Waals surface area contributed by atoms with E-state index in [0.29, 0.717) is 45.2 Å². The third-order valence-electron chi connectivity index (χ3n) is 8.50. The topological polar surface area (TPSA) is 131 Å². The maximum Gasteiger partial charge on any atom is 0.398 e. The molecular weight excluding hydrogens is 1040 g/mol. The van der Waals surface area contributed by atoms with Crippen LogP contribution < -0.4 is 10.2 Å². The van der Waals surface area contributed by atoms with Gasteiger partial charge in [-0.25, -0.2) is 23.5 Å². The number of carbonyl (C=O) groups excluding carboxylic acids is 1. The summed E-state index contributed by atoms with van der Waals surface area (Å²) in [5.74, 6) is -4.92. The third-order valence-corrected chi connectivity index (χ3v) is 10.9. The molecule has 11 nitrogen and oxygen atoms in total. The normalized spacial score (nSPS) is 10.6. The molecule has 366 valence electrons. The van der Waals surface area contributed by atoms with Crippen LogP contribution in [-0.4, -0.2) is 88.4 Å². The van der Waals surface area contributed by atoms with Gasteiger partial charge in [-0.15, -0.1) is 23.5 Å². The maximum atomic E-state index is 14.6. The van der Waals surface area contributed by atoms with Crippen molar-refractivity contribution in [1.29, 1.82) is 0 Å². The van der Waals surface area contributed by atoms with Gasteiger partial charge in [-0.05, 0) is 77.9 Å². The molecule has 0 saturated heterocycles.